The van der Waals surface area contributed by atoms with E-state index in [0.29, 0.717) is 0 Å². The van der Waals surface area contributed by atoms with E-state index in [-0.39, 0.29) is 0 Å². The van der Waals surface area contributed by atoms with Gasteiger partial charge in [-0.25, -0.2) is 4.98 Å². The van der Waals surface area contributed by atoms with Gasteiger partial charge in [0, 0.05) is 49.3 Å². The molecule has 0 saturated heterocycles. The van der Waals surface area contributed by atoms with Crippen molar-refractivity contribution in [2.24, 2.45) is 0 Å². The fourth-order valence-corrected chi connectivity index (χ4v) is 9.10. The average molecular weight is 727 g/mol. The lowest BCUT2D eigenvalue weighted by atomic mass is 10.0. The Kier molecular flexibility index (Phi) is 6.89. The fourth-order valence-electron chi connectivity index (χ4n) is 9.10. The van der Waals surface area contributed by atoms with Crippen LogP contribution >= 0.6 is 0 Å². The van der Waals surface area contributed by atoms with Crippen LogP contribution in [0.1, 0.15) is 0 Å². The lowest BCUT2D eigenvalue weighted by Gasteiger charge is -2.12. The predicted molar refractivity (Wildman–Crippen MR) is 238 cm³/mol. The van der Waals surface area contributed by atoms with Gasteiger partial charge in [0.1, 0.15) is 5.82 Å². The van der Waals surface area contributed by atoms with Crippen LogP contribution in [0.15, 0.2) is 206 Å². The van der Waals surface area contributed by atoms with E-state index in [1.165, 1.54) is 71.2 Å². The van der Waals surface area contributed by atoms with Crippen molar-refractivity contribution in [1.29, 1.82) is 0 Å². The molecule has 0 radical (unpaired) electrons. The number of hydrogen-bond acceptors (Lipinski definition) is 1. The molecule has 0 aliphatic heterocycles. The van der Waals surface area contributed by atoms with Gasteiger partial charge in [0.05, 0.1) is 38.8 Å². The summed E-state index contributed by atoms with van der Waals surface area (Å²) in [7, 11) is 0. The maximum atomic E-state index is 5.22. The lowest BCUT2D eigenvalue weighted by Crippen LogP contribution is -1.99. The summed E-state index contributed by atoms with van der Waals surface area (Å²) in [5.74, 6) is 0.899. The number of fused-ring (bicyclic) bond motifs is 9. The molecule has 12 aromatic rings. The third-order valence-corrected chi connectivity index (χ3v) is 11.6. The molecule has 4 nitrogen and oxygen atoms in total. The Hall–Kier alpha value is -7.69. The van der Waals surface area contributed by atoms with Crippen molar-refractivity contribution in [3.63, 3.8) is 0 Å². The van der Waals surface area contributed by atoms with Gasteiger partial charge < -0.3 is 9.13 Å². The second kappa shape index (κ2) is 12.4. The zero-order valence-electron chi connectivity index (χ0n) is 30.9. The molecule has 4 heterocycles. The third kappa shape index (κ3) is 4.84. The van der Waals surface area contributed by atoms with Gasteiger partial charge in [0.15, 0.2) is 0 Å². The Morgan fingerprint density at radius 1 is 0.263 bits per heavy atom. The largest absolute Gasteiger partial charge is 0.309 e. The van der Waals surface area contributed by atoms with Crippen molar-refractivity contribution >= 4 is 65.4 Å². The molecule has 0 aliphatic rings. The maximum absolute atomic E-state index is 5.22. The molecular formula is C53H34N4. The molecule has 0 fully saturated rings. The van der Waals surface area contributed by atoms with Crippen LogP contribution in [0.3, 0.4) is 0 Å². The van der Waals surface area contributed by atoms with Gasteiger partial charge in [0.2, 0.25) is 0 Å². The highest BCUT2D eigenvalue weighted by molar-refractivity contribution is 6.14. The minimum atomic E-state index is 0.899. The quantitative estimate of drug-likeness (QED) is 0.174. The van der Waals surface area contributed by atoms with Gasteiger partial charge in [0.25, 0.3) is 0 Å². The molecule has 0 aliphatic carbocycles. The SMILES string of the molecule is c1ccc(-c2cccc(-n3c4ccccc4c4ccc(-n5c6ccccc6c6cc(-c7ccc8c(c7)c7ccccc7n8-c7ccccc7)ccc65)cc43)n2)cc1. The maximum Gasteiger partial charge on any atom is 0.138 e. The van der Waals surface area contributed by atoms with Crippen molar-refractivity contribution in [2.45, 2.75) is 0 Å². The number of nitrogens with zero attached hydrogens (tertiary/aromatic N) is 4. The lowest BCUT2D eigenvalue weighted by molar-refractivity contribution is 1.08. The molecule has 0 unspecified atom stereocenters. The smallest absolute Gasteiger partial charge is 0.138 e. The summed E-state index contributed by atoms with van der Waals surface area (Å²) in [5, 5.41) is 7.38. The van der Waals surface area contributed by atoms with Crippen molar-refractivity contribution in [3.05, 3.63) is 206 Å². The van der Waals surface area contributed by atoms with Crippen LogP contribution in [0.2, 0.25) is 0 Å². The number of benzene rings is 8. The number of aromatic nitrogens is 4. The molecular weight excluding hydrogens is 693 g/mol. The molecule has 4 heteroatoms. The number of hydrogen-bond donors (Lipinski definition) is 0. The summed E-state index contributed by atoms with van der Waals surface area (Å²) < 4.78 is 7.11. The highest BCUT2D eigenvalue weighted by Crippen LogP contribution is 2.40. The zero-order valence-corrected chi connectivity index (χ0v) is 30.9. The topological polar surface area (TPSA) is 27.7 Å². The summed E-state index contributed by atoms with van der Waals surface area (Å²) >= 11 is 0. The summed E-state index contributed by atoms with van der Waals surface area (Å²) in [6, 6.07) is 74.3. The van der Waals surface area contributed by atoms with E-state index in [9.17, 15) is 0 Å². The molecule has 12 rings (SSSR count). The molecule has 57 heavy (non-hydrogen) atoms. The van der Waals surface area contributed by atoms with Gasteiger partial charge in [-0.05, 0) is 90.0 Å². The number of para-hydroxylation sites is 4. The predicted octanol–water partition coefficient (Wildman–Crippen LogP) is 13.7. The number of pyridine rings is 1. The third-order valence-electron chi connectivity index (χ3n) is 11.6. The standard InChI is InChI=1S/C53H34N4/c1-3-14-35(15-4-1)46-21-13-25-53(54-46)57-49-24-12-7-18-40(49)43-29-28-39(34-52(43)57)56-48-23-11-9-20-42(48)45-33-37(27-31-51(45)56)36-26-30-50-44(32-36)41-19-8-10-22-47(41)55(50)38-16-5-2-6-17-38/h1-34H. The van der Waals surface area contributed by atoms with Gasteiger partial charge in [-0.1, -0.05) is 127 Å². The monoisotopic (exact) mass is 726 g/mol. The van der Waals surface area contributed by atoms with Gasteiger partial charge in [-0.15, -0.1) is 0 Å². The van der Waals surface area contributed by atoms with E-state index in [1.807, 2.05) is 6.07 Å². The van der Waals surface area contributed by atoms with Crippen molar-refractivity contribution in [2.75, 3.05) is 0 Å². The normalized spacial score (nSPS) is 11.9. The molecule has 0 N–H and O–H groups in total. The Bertz CT molecular complexity index is 3510. The highest BCUT2D eigenvalue weighted by atomic mass is 15.1. The van der Waals surface area contributed by atoms with Crippen LogP contribution in [0, 0.1) is 0 Å². The van der Waals surface area contributed by atoms with Gasteiger partial charge >= 0.3 is 0 Å². The molecule has 0 amide bonds. The van der Waals surface area contributed by atoms with Crippen LogP contribution in [0.4, 0.5) is 0 Å². The minimum Gasteiger partial charge on any atom is -0.309 e. The zero-order chi connectivity index (χ0) is 37.5. The summed E-state index contributed by atoms with van der Waals surface area (Å²) in [6.45, 7) is 0. The van der Waals surface area contributed by atoms with Gasteiger partial charge in [-0.2, -0.15) is 0 Å². The molecule has 0 spiro atoms. The first kappa shape index (κ1) is 31.6. The molecule has 8 aromatic carbocycles. The van der Waals surface area contributed by atoms with E-state index in [2.05, 4.69) is 214 Å². The first-order valence-electron chi connectivity index (χ1n) is 19.5. The molecule has 4 aromatic heterocycles. The number of rotatable bonds is 5. The van der Waals surface area contributed by atoms with Crippen molar-refractivity contribution < 1.29 is 0 Å². The first-order valence-corrected chi connectivity index (χ1v) is 19.5. The first-order chi connectivity index (χ1) is 28.3. The Morgan fingerprint density at radius 3 is 1.39 bits per heavy atom. The van der Waals surface area contributed by atoms with Crippen molar-refractivity contribution in [1.82, 2.24) is 18.7 Å². The molecule has 0 atom stereocenters. The fraction of sp³-hybridized carbons (Fsp3) is 0. The summed E-state index contributed by atoms with van der Waals surface area (Å²) in [4.78, 5) is 5.22. The van der Waals surface area contributed by atoms with E-state index in [0.717, 1.165) is 33.8 Å². The van der Waals surface area contributed by atoms with E-state index in [1.54, 1.807) is 0 Å². The van der Waals surface area contributed by atoms with Gasteiger partial charge in [-0.3, -0.25) is 4.57 Å². The molecule has 0 saturated carbocycles. The minimum absolute atomic E-state index is 0.899. The highest BCUT2D eigenvalue weighted by Gasteiger charge is 2.19. The van der Waals surface area contributed by atoms with E-state index < -0.39 is 0 Å². The summed E-state index contributed by atoms with van der Waals surface area (Å²) in [6.07, 6.45) is 0. The van der Waals surface area contributed by atoms with E-state index >= 15 is 0 Å². The Morgan fingerprint density at radius 2 is 0.754 bits per heavy atom. The van der Waals surface area contributed by atoms with Crippen LogP contribution in [0.25, 0.3) is 105 Å². The molecule has 0 bridgehead atoms. The summed E-state index contributed by atoms with van der Waals surface area (Å²) in [5.41, 5.74) is 13.8. The Labute approximate surface area is 328 Å². The van der Waals surface area contributed by atoms with Crippen LogP contribution in [-0.2, 0) is 0 Å². The average Bonchev–Trinajstić information content (AvgIpc) is 3.92. The van der Waals surface area contributed by atoms with Crippen LogP contribution < -0.4 is 0 Å². The Balaban J connectivity index is 1.04. The van der Waals surface area contributed by atoms with Crippen LogP contribution in [-0.4, -0.2) is 18.7 Å². The van der Waals surface area contributed by atoms with Crippen LogP contribution in [0.5, 0.6) is 0 Å². The second-order valence-corrected chi connectivity index (χ2v) is 14.8. The second-order valence-electron chi connectivity index (χ2n) is 14.8. The van der Waals surface area contributed by atoms with E-state index in [4.69, 9.17) is 4.98 Å². The van der Waals surface area contributed by atoms with Crippen molar-refractivity contribution in [3.8, 4) is 39.6 Å². The molecule has 266 valence electrons.